The van der Waals surface area contributed by atoms with Crippen LogP contribution < -0.4 is 15.5 Å². The first-order valence-corrected chi connectivity index (χ1v) is 10.8. The zero-order chi connectivity index (χ0) is 20.3. The molecule has 0 radical (unpaired) electrons. The molecule has 2 saturated heterocycles. The molecule has 2 aromatic heterocycles. The van der Waals surface area contributed by atoms with Gasteiger partial charge >= 0.3 is 5.69 Å². The second kappa shape index (κ2) is 8.39. The lowest BCUT2D eigenvalue weighted by Crippen LogP contribution is -2.47. The minimum absolute atomic E-state index is 0.177. The van der Waals surface area contributed by atoms with Crippen molar-refractivity contribution in [3.8, 4) is 0 Å². The molecule has 4 heterocycles. The number of piperazine rings is 1. The molecule has 0 atom stereocenters. The molecule has 2 aliphatic rings. The number of anilines is 2. The number of hydrogen-bond donors (Lipinski definition) is 0. The van der Waals surface area contributed by atoms with E-state index in [0.29, 0.717) is 6.54 Å². The van der Waals surface area contributed by atoms with Crippen LogP contribution >= 0.6 is 0 Å². The lowest BCUT2D eigenvalue weighted by atomic mass is 10.1. The second-order valence-corrected chi connectivity index (χ2v) is 8.02. The van der Waals surface area contributed by atoms with Crippen molar-refractivity contribution in [2.24, 2.45) is 0 Å². The van der Waals surface area contributed by atoms with Crippen LogP contribution in [-0.2, 0) is 6.54 Å². The molecule has 0 N–H and O–H groups in total. The molecule has 2 aliphatic heterocycles. The van der Waals surface area contributed by atoms with Gasteiger partial charge in [-0.15, -0.1) is 0 Å². The lowest BCUT2D eigenvalue weighted by molar-refractivity contribution is 0.246. The minimum atomic E-state index is -0.177. The summed E-state index contributed by atoms with van der Waals surface area (Å²) in [7, 11) is 0. The predicted octanol–water partition coefficient (Wildman–Crippen LogP) is 1.61. The summed E-state index contributed by atoms with van der Waals surface area (Å²) in [5.74, 6) is 1.07. The Morgan fingerprint density at radius 2 is 1.70 bits per heavy atom. The highest BCUT2D eigenvalue weighted by Gasteiger charge is 2.20. The number of rotatable bonds is 5. The van der Waals surface area contributed by atoms with Crippen molar-refractivity contribution in [1.82, 2.24) is 24.4 Å². The van der Waals surface area contributed by atoms with Crippen LogP contribution in [-0.4, -0.2) is 70.2 Å². The van der Waals surface area contributed by atoms with E-state index >= 15 is 0 Å². The first-order chi connectivity index (χ1) is 14.8. The third-order valence-corrected chi connectivity index (χ3v) is 6.18. The maximum atomic E-state index is 11.8. The highest BCUT2D eigenvalue weighted by atomic mass is 16.1. The first kappa shape index (κ1) is 19.0. The SMILES string of the molecule is O=c1ncccn1CCN1CCN(c2ccc3ncnc(N4CCCC4)c3c2)CC1. The van der Waals surface area contributed by atoms with Crippen LogP contribution in [0.25, 0.3) is 10.9 Å². The third kappa shape index (κ3) is 3.87. The van der Waals surface area contributed by atoms with Crippen molar-refractivity contribution in [3.63, 3.8) is 0 Å². The number of hydrogen-bond acceptors (Lipinski definition) is 7. The van der Waals surface area contributed by atoms with Gasteiger partial charge in [0.05, 0.1) is 5.52 Å². The largest absolute Gasteiger partial charge is 0.369 e. The van der Waals surface area contributed by atoms with Crippen LogP contribution in [0.2, 0.25) is 0 Å². The van der Waals surface area contributed by atoms with Gasteiger partial charge in [0.15, 0.2) is 0 Å². The fourth-order valence-electron chi connectivity index (χ4n) is 4.44. The lowest BCUT2D eigenvalue weighted by Gasteiger charge is -2.36. The number of fused-ring (bicyclic) bond motifs is 1. The molecular formula is C22H27N7O. The van der Waals surface area contributed by atoms with Crippen molar-refractivity contribution in [3.05, 3.63) is 53.5 Å². The van der Waals surface area contributed by atoms with Crippen molar-refractivity contribution in [2.75, 3.05) is 55.6 Å². The minimum Gasteiger partial charge on any atom is -0.369 e. The quantitative estimate of drug-likeness (QED) is 0.639. The monoisotopic (exact) mass is 405 g/mol. The molecule has 8 nitrogen and oxygen atoms in total. The van der Waals surface area contributed by atoms with E-state index in [-0.39, 0.29) is 5.69 Å². The summed E-state index contributed by atoms with van der Waals surface area (Å²) in [6.07, 6.45) is 7.50. The van der Waals surface area contributed by atoms with Crippen LogP contribution in [0, 0.1) is 0 Å². The number of nitrogens with zero attached hydrogens (tertiary/aromatic N) is 7. The smallest absolute Gasteiger partial charge is 0.347 e. The van der Waals surface area contributed by atoms with E-state index in [4.69, 9.17) is 0 Å². The van der Waals surface area contributed by atoms with Gasteiger partial charge in [-0.1, -0.05) is 0 Å². The summed E-state index contributed by atoms with van der Waals surface area (Å²) in [4.78, 5) is 31.9. The van der Waals surface area contributed by atoms with E-state index in [1.165, 1.54) is 18.5 Å². The van der Waals surface area contributed by atoms with E-state index in [0.717, 1.165) is 62.5 Å². The summed E-state index contributed by atoms with van der Waals surface area (Å²) in [5.41, 5.74) is 2.07. The van der Waals surface area contributed by atoms with Gasteiger partial charge in [-0.25, -0.2) is 19.7 Å². The average molecular weight is 406 g/mol. The summed E-state index contributed by atoms with van der Waals surface area (Å²) < 4.78 is 1.68. The van der Waals surface area contributed by atoms with E-state index in [9.17, 15) is 4.79 Å². The van der Waals surface area contributed by atoms with Crippen LogP contribution in [0.3, 0.4) is 0 Å². The van der Waals surface area contributed by atoms with Crippen molar-refractivity contribution >= 4 is 22.4 Å². The van der Waals surface area contributed by atoms with Crippen LogP contribution in [0.15, 0.2) is 47.8 Å². The Bertz CT molecular complexity index is 1070. The van der Waals surface area contributed by atoms with Gasteiger partial charge in [0, 0.05) is 75.8 Å². The summed E-state index contributed by atoms with van der Waals surface area (Å²) in [6, 6.07) is 8.36. The Labute approximate surface area is 175 Å². The van der Waals surface area contributed by atoms with Gasteiger partial charge in [-0.3, -0.25) is 9.47 Å². The Morgan fingerprint density at radius 1 is 0.867 bits per heavy atom. The Morgan fingerprint density at radius 3 is 2.50 bits per heavy atom. The molecule has 5 rings (SSSR count). The summed E-state index contributed by atoms with van der Waals surface area (Å²) in [5, 5.41) is 1.15. The fourth-order valence-corrected chi connectivity index (χ4v) is 4.44. The zero-order valence-electron chi connectivity index (χ0n) is 17.2. The maximum absolute atomic E-state index is 11.8. The zero-order valence-corrected chi connectivity index (χ0v) is 17.2. The average Bonchev–Trinajstić information content (AvgIpc) is 3.33. The van der Waals surface area contributed by atoms with Crippen molar-refractivity contribution in [1.29, 1.82) is 0 Å². The normalized spacial score (nSPS) is 17.7. The van der Waals surface area contributed by atoms with Gasteiger partial charge in [0.2, 0.25) is 0 Å². The highest BCUT2D eigenvalue weighted by Crippen LogP contribution is 2.29. The van der Waals surface area contributed by atoms with E-state index in [1.54, 1.807) is 29.4 Å². The molecule has 2 fully saturated rings. The molecular weight excluding hydrogens is 378 g/mol. The topological polar surface area (TPSA) is 70.4 Å². The van der Waals surface area contributed by atoms with Gasteiger partial charge in [0.1, 0.15) is 12.1 Å². The summed E-state index contributed by atoms with van der Waals surface area (Å²) >= 11 is 0. The molecule has 0 aliphatic carbocycles. The van der Waals surface area contributed by atoms with E-state index < -0.39 is 0 Å². The molecule has 30 heavy (non-hydrogen) atoms. The number of aromatic nitrogens is 4. The van der Waals surface area contributed by atoms with Crippen molar-refractivity contribution < 1.29 is 0 Å². The van der Waals surface area contributed by atoms with Gasteiger partial charge in [-0.05, 0) is 37.1 Å². The Hall–Kier alpha value is -3.00. The van der Waals surface area contributed by atoms with E-state index in [1.807, 2.05) is 0 Å². The van der Waals surface area contributed by atoms with Gasteiger partial charge in [0.25, 0.3) is 0 Å². The molecule has 156 valence electrons. The molecule has 1 aromatic carbocycles. The van der Waals surface area contributed by atoms with E-state index in [2.05, 4.69) is 47.9 Å². The van der Waals surface area contributed by atoms with Crippen LogP contribution in [0.4, 0.5) is 11.5 Å². The molecule has 0 amide bonds. The second-order valence-electron chi connectivity index (χ2n) is 8.02. The molecule has 0 unspecified atom stereocenters. The first-order valence-electron chi connectivity index (χ1n) is 10.8. The Kier molecular flexibility index (Phi) is 5.31. The summed E-state index contributed by atoms with van der Waals surface area (Å²) in [6.45, 7) is 7.61. The van der Waals surface area contributed by atoms with Crippen LogP contribution in [0.5, 0.6) is 0 Å². The van der Waals surface area contributed by atoms with Gasteiger partial charge < -0.3 is 9.80 Å². The maximum Gasteiger partial charge on any atom is 0.347 e. The number of benzene rings is 1. The van der Waals surface area contributed by atoms with Crippen LogP contribution in [0.1, 0.15) is 12.8 Å². The molecule has 0 bridgehead atoms. The van der Waals surface area contributed by atoms with Crippen molar-refractivity contribution in [2.45, 2.75) is 19.4 Å². The third-order valence-electron chi connectivity index (χ3n) is 6.18. The molecule has 0 spiro atoms. The predicted molar refractivity (Wildman–Crippen MR) is 118 cm³/mol. The van der Waals surface area contributed by atoms with Gasteiger partial charge in [-0.2, -0.15) is 0 Å². The molecule has 0 saturated carbocycles. The highest BCUT2D eigenvalue weighted by molar-refractivity contribution is 5.92. The Balaban J connectivity index is 1.26. The molecule has 8 heteroatoms. The standard InChI is InChI=1S/C22H27N7O/c30-22-23-6-3-9-29(22)15-12-26-10-13-27(14-11-26)18-4-5-20-19(16-18)21(25-17-24-20)28-7-1-2-8-28/h3-6,9,16-17H,1-2,7-8,10-15H2. The fraction of sp³-hybridized carbons (Fsp3) is 0.455. The molecule has 3 aromatic rings.